The van der Waals surface area contributed by atoms with Gasteiger partial charge in [0.1, 0.15) is 11.7 Å². The van der Waals surface area contributed by atoms with E-state index in [4.69, 9.17) is 9.15 Å². The molecule has 29 heavy (non-hydrogen) atoms. The molecule has 1 atom stereocenters. The summed E-state index contributed by atoms with van der Waals surface area (Å²) in [4.78, 5) is 28.7. The third kappa shape index (κ3) is 4.06. The van der Waals surface area contributed by atoms with Gasteiger partial charge in [-0.3, -0.25) is 9.59 Å². The average Bonchev–Trinajstić information content (AvgIpc) is 2.74. The average molecular weight is 394 g/mol. The van der Waals surface area contributed by atoms with Crippen LogP contribution in [0.4, 0.5) is 5.82 Å². The highest BCUT2D eigenvalue weighted by Crippen LogP contribution is 2.20. The van der Waals surface area contributed by atoms with Gasteiger partial charge in [-0.1, -0.05) is 12.1 Å². The number of aromatic nitrogens is 2. The van der Waals surface area contributed by atoms with Crippen molar-refractivity contribution < 1.29 is 13.9 Å². The lowest BCUT2D eigenvalue weighted by molar-refractivity contribution is 0.0499. The van der Waals surface area contributed by atoms with Crippen LogP contribution in [-0.2, 0) is 0 Å². The number of carbonyl (C=O) groups is 1. The van der Waals surface area contributed by atoms with Gasteiger partial charge in [-0.15, -0.1) is 10.2 Å². The zero-order chi connectivity index (χ0) is 20.4. The van der Waals surface area contributed by atoms with E-state index in [2.05, 4.69) is 10.2 Å². The van der Waals surface area contributed by atoms with Crippen LogP contribution in [0.3, 0.4) is 0 Å². The Balaban J connectivity index is 1.48. The summed E-state index contributed by atoms with van der Waals surface area (Å²) in [5.74, 6) is 0.899. The Labute approximate surface area is 167 Å². The third-order valence-electron chi connectivity index (χ3n) is 4.88. The van der Waals surface area contributed by atoms with Crippen LogP contribution in [0.2, 0.25) is 0 Å². The zero-order valence-electron chi connectivity index (χ0n) is 16.4. The molecule has 3 heterocycles. The lowest BCUT2D eigenvalue weighted by Gasteiger charge is -2.32. The van der Waals surface area contributed by atoms with E-state index in [0.717, 1.165) is 18.7 Å². The van der Waals surface area contributed by atoms with Crippen molar-refractivity contribution in [3.63, 3.8) is 0 Å². The topological polar surface area (TPSA) is 88.8 Å². The Kier molecular flexibility index (Phi) is 5.16. The number of nitrogens with zero attached hydrogens (tertiary/aromatic N) is 4. The smallest absolute Gasteiger partial charge is 0.289 e. The maximum atomic E-state index is 12.9. The molecule has 1 saturated heterocycles. The molecule has 8 heteroatoms. The quantitative estimate of drug-likeness (QED) is 0.671. The Morgan fingerprint density at radius 1 is 1.21 bits per heavy atom. The summed E-state index contributed by atoms with van der Waals surface area (Å²) in [6, 6.07) is 11.8. The molecule has 0 bridgehead atoms. The fourth-order valence-corrected chi connectivity index (χ4v) is 3.37. The van der Waals surface area contributed by atoms with E-state index in [1.165, 1.54) is 6.07 Å². The summed E-state index contributed by atoms with van der Waals surface area (Å²) in [6.45, 7) is 0.979. The lowest BCUT2D eigenvalue weighted by atomic mass is 10.1. The molecule has 0 spiro atoms. The number of hydrogen-bond donors (Lipinski definition) is 0. The van der Waals surface area contributed by atoms with Gasteiger partial charge >= 0.3 is 0 Å². The molecule has 1 aliphatic heterocycles. The van der Waals surface area contributed by atoms with Crippen LogP contribution in [0.15, 0.2) is 51.7 Å². The number of benzene rings is 1. The summed E-state index contributed by atoms with van der Waals surface area (Å²) < 4.78 is 11.6. The van der Waals surface area contributed by atoms with Gasteiger partial charge in [0.05, 0.1) is 11.9 Å². The Hall–Kier alpha value is -3.42. The molecule has 4 rings (SSSR count). The van der Waals surface area contributed by atoms with Gasteiger partial charge in [-0.25, -0.2) is 0 Å². The van der Waals surface area contributed by atoms with E-state index < -0.39 is 0 Å². The predicted molar refractivity (Wildman–Crippen MR) is 108 cm³/mol. The fraction of sp³-hybridized carbons (Fsp3) is 0.333. The van der Waals surface area contributed by atoms with Crippen LogP contribution in [0.1, 0.15) is 23.4 Å². The van der Waals surface area contributed by atoms with Crippen molar-refractivity contribution in [1.82, 2.24) is 15.1 Å². The summed E-state index contributed by atoms with van der Waals surface area (Å²) in [5.41, 5.74) is 0.181. The van der Waals surface area contributed by atoms with Crippen molar-refractivity contribution in [1.29, 1.82) is 0 Å². The minimum absolute atomic E-state index is 0.0458. The number of para-hydroxylation sites is 1. The molecular weight excluding hydrogens is 372 g/mol. The van der Waals surface area contributed by atoms with Crippen molar-refractivity contribution in [2.45, 2.75) is 18.9 Å². The van der Waals surface area contributed by atoms with Gasteiger partial charge < -0.3 is 19.0 Å². The van der Waals surface area contributed by atoms with Gasteiger partial charge in [0.15, 0.2) is 17.0 Å². The standard InChI is InChI=1S/C21H22N4O4/c1-24(2)19-9-10-20(23-22-19)28-14-6-5-11-25(13-14)21(27)18-12-16(26)15-7-3-4-8-17(15)29-18/h3-4,7-10,12,14H,5-6,11,13H2,1-2H3. The minimum atomic E-state index is -0.310. The second-order valence-electron chi connectivity index (χ2n) is 7.23. The van der Waals surface area contributed by atoms with Crippen LogP contribution in [-0.4, -0.2) is 54.3 Å². The number of likely N-dealkylation sites (tertiary alicyclic amines) is 1. The van der Waals surface area contributed by atoms with Crippen LogP contribution < -0.4 is 15.1 Å². The molecule has 0 radical (unpaired) electrons. The van der Waals surface area contributed by atoms with Crippen LogP contribution in [0.5, 0.6) is 5.88 Å². The molecule has 0 saturated carbocycles. The van der Waals surface area contributed by atoms with Gasteiger partial charge in [-0.2, -0.15) is 0 Å². The van der Waals surface area contributed by atoms with E-state index in [9.17, 15) is 9.59 Å². The molecule has 1 aromatic carbocycles. The maximum Gasteiger partial charge on any atom is 0.289 e. The predicted octanol–water partition coefficient (Wildman–Crippen LogP) is 2.33. The van der Waals surface area contributed by atoms with Gasteiger partial charge in [0.2, 0.25) is 5.88 Å². The molecule has 2 aromatic heterocycles. The van der Waals surface area contributed by atoms with Gasteiger partial charge in [0.25, 0.3) is 5.91 Å². The van der Waals surface area contributed by atoms with E-state index in [-0.39, 0.29) is 23.2 Å². The number of anilines is 1. The van der Waals surface area contributed by atoms with Crippen molar-refractivity contribution in [3.05, 3.63) is 58.4 Å². The summed E-state index contributed by atoms with van der Waals surface area (Å²) >= 11 is 0. The van der Waals surface area contributed by atoms with E-state index in [0.29, 0.717) is 29.9 Å². The second-order valence-corrected chi connectivity index (χ2v) is 7.23. The molecule has 3 aromatic rings. The van der Waals surface area contributed by atoms with E-state index in [1.807, 2.05) is 25.1 Å². The molecule has 1 amide bonds. The largest absolute Gasteiger partial charge is 0.471 e. The molecule has 150 valence electrons. The molecule has 1 aliphatic rings. The first-order valence-corrected chi connectivity index (χ1v) is 9.51. The molecule has 1 fully saturated rings. The number of hydrogen-bond acceptors (Lipinski definition) is 7. The number of amides is 1. The Morgan fingerprint density at radius 3 is 2.79 bits per heavy atom. The lowest BCUT2D eigenvalue weighted by Crippen LogP contribution is -2.44. The number of carbonyl (C=O) groups excluding carboxylic acids is 1. The number of rotatable bonds is 4. The number of fused-ring (bicyclic) bond motifs is 1. The molecular formula is C21H22N4O4. The Bertz CT molecular complexity index is 1080. The second kappa shape index (κ2) is 7.90. The minimum Gasteiger partial charge on any atom is -0.471 e. The van der Waals surface area contributed by atoms with Gasteiger partial charge in [0, 0.05) is 32.8 Å². The molecule has 0 N–H and O–H groups in total. The van der Waals surface area contributed by atoms with E-state index >= 15 is 0 Å². The normalized spacial score (nSPS) is 16.6. The van der Waals surface area contributed by atoms with Crippen molar-refractivity contribution in [2.24, 2.45) is 0 Å². The zero-order valence-corrected chi connectivity index (χ0v) is 16.4. The molecule has 8 nitrogen and oxygen atoms in total. The molecule has 1 unspecified atom stereocenters. The first-order valence-electron chi connectivity index (χ1n) is 9.51. The highest BCUT2D eigenvalue weighted by atomic mass is 16.5. The Morgan fingerprint density at radius 2 is 2.03 bits per heavy atom. The van der Waals surface area contributed by atoms with Crippen molar-refractivity contribution in [2.75, 3.05) is 32.1 Å². The monoisotopic (exact) mass is 394 g/mol. The third-order valence-corrected chi connectivity index (χ3v) is 4.88. The van der Waals surface area contributed by atoms with Crippen LogP contribution in [0, 0.1) is 0 Å². The number of ether oxygens (including phenoxy) is 1. The van der Waals surface area contributed by atoms with Gasteiger partial charge in [-0.05, 0) is 31.0 Å². The summed E-state index contributed by atoms with van der Waals surface area (Å²) in [5, 5.41) is 8.66. The summed E-state index contributed by atoms with van der Waals surface area (Å²) in [7, 11) is 3.78. The maximum absolute atomic E-state index is 12.9. The summed E-state index contributed by atoms with van der Waals surface area (Å²) in [6.07, 6.45) is 1.40. The highest BCUT2D eigenvalue weighted by Gasteiger charge is 2.28. The number of piperidine rings is 1. The SMILES string of the molecule is CN(C)c1ccc(OC2CCCN(C(=O)c3cc(=O)c4ccccc4o3)C2)nn1. The fourth-order valence-electron chi connectivity index (χ4n) is 3.37. The van der Waals surface area contributed by atoms with E-state index in [1.54, 1.807) is 35.2 Å². The van der Waals surface area contributed by atoms with Crippen molar-refractivity contribution >= 4 is 22.7 Å². The van der Waals surface area contributed by atoms with Crippen LogP contribution in [0.25, 0.3) is 11.0 Å². The van der Waals surface area contributed by atoms with Crippen LogP contribution >= 0.6 is 0 Å². The molecule has 0 aliphatic carbocycles. The first-order chi connectivity index (χ1) is 14.0. The van der Waals surface area contributed by atoms with Crippen molar-refractivity contribution in [3.8, 4) is 5.88 Å². The first kappa shape index (κ1) is 18.9. The highest BCUT2D eigenvalue weighted by molar-refractivity contribution is 5.93.